The van der Waals surface area contributed by atoms with Gasteiger partial charge < -0.3 is 5.11 Å². The van der Waals surface area contributed by atoms with Crippen LogP contribution in [0.1, 0.15) is 107 Å². The van der Waals surface area contributed by atoms with Gasteiger partial charge in [-0.15, -0.1) is 0 Å². The standard InChI is InChI=1S/C20H31NO/c1-13(2)16-10-15(14-8-6-5-7-9-14)19-17(21-16)11-20(3,4)12-18(19)22/h10,13-14,18,22H,5-9,11-12H2,1-4H3/t18-/m0/s1. The Hall–Kier alpha value is -0.890. The van der Waals surface area contributed by atoms with Crippen LogP contribution in [0.3, 0.4) is 0 Å². The third-order valence-electron chi connectivity index (χ3n) is 5.55. The average Bonchev–Trinajstić information content (AvgIpc) is 2.45. The molecule has 0 bridgehead atoms. The van der Waals surface area contributed by atoms with E-state index in [1.54, 1.807) is 0 Å². The first-order valence-electron chi connectivity index (χ1n) is 9.09. The quantitative estimate of drug-likeness (QED) is 0.808. The Bertz CT molecular complexity index is 541. The minimum absolute atomic E-state index is 0.152. The third-order valence-corrected chi connectivity index (χ3v) is 5.55. The van der Waals surface area contributed by atoms with E-state index in [-0.39, 0.29) is 11.5 Å². The van der Waals surface area contributed by atoms with E-state index >= 15 is 0 Å². The molecule has 3 rings (SSSR count). The highest BCUT2D eigenvalue weighted by Crippen LogP contribution is 2.45. The second-order valence-electron chi connectivity index (χ2n) is 8.55. The van der Waals surface area contributed by atoms with Crippen LogP contribution in [0.4, 0.5) is 0 Å². The zero-order valence-corrected chi connectivity index (χ0v) is 14.7. The van der Waals surface area contributed by atoms with Crippen molar-refractivity contribution in [3.05, 3.63) is 28.6 Å². The van der Waals surface area contributed by atoms with Crippen molar-refractivity contribution in [3.63, 3.8) is 0 Å². The van der Waals surface area contributed by atoms with Gasteiger partial charge in [-0.05, 0) is 54.6 Å². The summed E-state index contributed by atoms with van der Waals surface area (Å²) in [5.74, 6) is 1.09. The van der Waals surface area contributed by atoms with E-state index < -0.39 is 0 Å². The molecule has 0 aliphatic heterocycles. The van der Waals surface area contributed by atoms with Gasteiger partial charge in [0.05, 0.1) is 6.10 Å². The van der Waals surface area contributed by atoms with Gasteiger partial charge in [0.1, 0.15) is 0 Å². The van der Waals surface area contributed by atoms with Gasteiger partial charge in [0.2, 0.25) is 0 Å². The lowest BCUT2D eigenvalue weighted by Gasteiger charge is -2.37. The van der Waals surface area contributed by atoms with Crippen LogP contribution in [0.2, 0.25) is 0 Å². The first kappa shape index (κ1) is 16.0. The summed E-state index contributed by atoms with van der Waals surface area (Å²) in [5.41, 5.74) is 5.16. The Morgan fingerprint density at radius 3 is 2.50 bits per heavy atom. The van der Waals surface area contributed by atoms with Gasteiger partial charge >= 0.3 is 0 Å². The predicted molar refractivity (Wildman–Crippen MR) is 91.2 cm³/mol. The largest absolute Gasteiger partial charge is 0.388 e. The van der Waals surface area contributed by atoms with Crippen LogP contribution in [0.5, 0.6) is 0 Å². The normalized spacial score (nSPS) is 25.3. The maximum atomic E-state index is 10.8. The van der Waals surface area contributed by atoms with Gasteiger partial charge in [0.15, 0.2) is 0 Å². The molecule has 1 saturated carbocycles. The number of aromatic nitrogens is 1. The number of pyridine rings is 1. The van der Waals surface area contributed by atoms with E-state index in [1.807, 2.05) is 0 Å². The Morgan fingerprint density at radius 2 is 1.86 bits per heavy atom. The lowest BCUT2D eigenvalue weighted by atomic mass is 9.71. The van der Waals surface area contributed by atoms with Crippen molar-refractivity contribution >= 4 is 0 Å². The SMILES string of the molecule is CC(C)c1cc(C2CCCCC2)c2c(n1)CC(C)(C)C[C@@H]2O. The van der Waals surface area contributed by atoms with Crippen LogP contribution >= 0.6 is 0 Å². The molecule has 1 heterocycles. The van der Waals surface area contributed by atoms with Crippen molar-refractivity contribution in [2.45, 2.75) is 90.6 Å². The van der Waals surface area contributed by atoms with Gasteiger partial charge in [-0.1, -0.05) is 47.0 Å². The molecule has 1 aromatic heterocycles. The highest BCUT2D eigenvalue weighted by atomic mass is 16.3. The van der Waals surface area contributed by atoms with Gasteiger partial charge in [-0.2, -0.15) is 0 Å². The first-order valence-corrected chi connectivity index (χ1v) is 9.09. The number of aliphatic hydroxyl groups excluding tert-OH is 1. The number of aliphatic hydroxyl groups is 1. The third kappa shape index (κ3) is 3.08. The van der Waals surface area contributed by atoms with Gasteiger partial charge in [0, 0.05) is 17.0 Å². The molecule has 1 atom stereocenters. The lowest BCUT2D eigenvalue weighted by Crippen LogP contribution is -2.29. The van der Waals surface area contributed by atoms with E-state index in [2.05, 4.69) is 33.8 Å². The minimum atomic E-state index is -0.329. The molecule has 2 heteroatoms. The maximum Gasteiger partial charge on any atom is 0.0815 e. The molecule has 0 amide bonds. The molecule has 2 aliphatic rings. The summed E-state index contributed by atoms with van der Waals surface area (Å²) < 4.78 is 0. The Morgan fingerprint density at radius 1 is 1.18 bits per heavy atom. The molecule has 1 N–H and O–H groups in total. The number of nitrogens with zero attached hydrogens (tertiary/aromatic N) is 1. The monoisotopic (exact) mass is 301 g/mol. The van der Waals surface area contributed by atoms with Gasteiger partial charge in [-0.25, -0.2) is 0 Å². The molecule has 2 aliphatic carbocycles. The zero-order chi connectivity index (χ0) is 15.9. The fourth-order valence-corrected chi connectivity index (χ4v) is 4.37. The van der Waals surface area contributed by atoms with Gasteiger partial charge in [-0.3, -0.25) is 4.98 Å². The van der Waals surface area contributed by atoms with Crippen LogP contribution in [0.15, 0.2) is 6.07 Å². The number of rotatable bonds is 2. The Balaban J connectivity index is 2.09. The number of hydrogen-bond donors (Lipinski definition) is 1. The molecule has 2 nitrogen and oxygen atoms in total. The fourth-order valence-electron chi connectivity index (χ4n) is 4.37. The smallest absolute Gasteiger partial charge is 0.0815 e. The van der Waals surface area contributed by atoms with Crippen molar-refractivity contribution in [2.24, 2.45) is 5.41 Å². The minimum Gasteiger partial charge on any atom is -0.388 e. The molecule has 0 radical (unpaired) electrons. The van der Waals surface area contributed by atoms with Crippen molar-refractivity contribution in [1.29, 1.82) is 0 Å². The molecule has 22 heavy (non-hydrogen) atoms. The second-order valence-corrected chi connectivity index (χ2v) is 8.55. The Labute approximate surface area is 135 Å². The highest BCUT2D eigenvalue weighted by molar-refractivity contribution is 5.40. The molecule has 0 saturated heterocycles. The van der Waals surface area contributed by atoms with E-state index in [4.69, 9.17) is 4.98 Å². The fraction of sp³-hybridized carbons (Fsp3) is 0.750. The molecular formula is C20H31NO. The predicted octanol–water partition coefficient (Wildman–Crippen LogP) is 5.26. The van der Waals surface area contributed by atoms with E-state index in [9.17, 15) is 5.11 Å². The topological polar surface area (TPSA) is 33.1 Å². The summed E-state index contributed by atoms with van der Waals surface area (Å²) in [6.07, 6.45) is 8.14. The van der Waals surface area contributed by atoms with E-state index in [1.165, 1.54) is 54.6 Å². The molecule has 0 aromatic carbocycles. The zero-order valence-electron chi connectivity index (χ0n) is 14.7. The average molecular weight is 301 g/mol. The summed E-state index contributed by atoms with van der Waals surface area (Å²) in [6, 6.07) is 2.32. The number of fused-ring (bicyclic) bond motifs is 1. The van der Waals surface area contributed by atoms with Crippen molar-refractivity contribution in [1.82, 2.24) is 4.98 Å². The van der Waals surface area contributed by atoms with Crippen LogP contribution in [-0.2, 0) is 6.42 Å². The van der Waals surface area contributed by atoms with Crippen LogP contribution in [0.25, 0.3) is 0 Å². The maximum absolute atomic E-state index is 10.8. The highest BCUT2D eigenvalue weighted by Gasteiger charge is 2.35. The number of hydrogen-bond acceptors (Lipinski definition) is 2. The van der Waals surface area contributed by atoms with Gasteiger partial charge in [0.25, 0.3) is 0 Å². The first-order chi connectivity index (χ1) is 10.4. The molecular weight excluding hydrogens is 270 g/mol. The molecule has 122 valence electrons. The van der Waals surface area contributed by atoms with Crippen molar-refractivity contribution in [2.75, 3.05) is 0 Å². The van der Waals surface area contributed by atoms with Crippen LogP contribution in [-0.4, -0.2) is 10.1 Å². The van der Waals surface area contributed by atoms with Crippen molar-refractivity contribution in [3.8, 4) is 0 Å². The van der Waals surface area contributed by atoms with E-state index in [0.717, 1.165) is 12.8 Å². The molecule has 1 aromatic rings. The summed E-state index contributed by atoms with van der Waals surface area (Å²) in [7, 11) is 0. The summed E-state index contributed by atoms with van der Waals surface area (Å²) in [6.45, 7) is 8.96. The lowest BCUT2D eigenvalue weighted by molar-refractivity contribution is 0.0964. The van der Waals surface area contributed by atoms with Crippen molar-refractivity contribution < 1.29 is 5.11 Å². The Kier molecular flexibility index (Phi) is 4.33. The summed E-state index contributed by atoms with van der Waals surface area (Å²) >= 11 is 0. The molecule has 0 unspecified atom stereocenters. The molecule has 0 spiro atoms. The summed E-state index contributed by atoms with van der Waals surface area (Å²) in [5, 5.41) is 10.8. The summed E-state index contributed by atoms with van der Waals surface area (Å²) in [4.78, 5) is 4.95. The van der Waals surface area contributed by atoms with Crippen LogP contribution in [0, 0.1) is 5.41 Å². The second kappa shape index (κ2) is 5.96. The molecule has 1 fully saturated rings. The van der Waals surface area contributed by atoms with E-state index in [0.29, 0.717) is 11.8 Å². The van der Waals surface area contributed by atoms with Crippen LogP contribution < -0.4 is 0 Å².